The van der Waals surface area contributed by atoms with E-state index in [0.717, 1.165) is 4.31 Å². The monoisotopic (exact) mass is 363 g/mol. The third-order valence-electron chi connectivity index (χ3n) is 3.62. The van der Waals surface area contributed by atoms with Crippen molar-refractivity contribution in [2.45, 2.75) is 6.04 Å². The number of rotatable bonds is 5. The first-order valence-corrected chi connectivity index (χ1v) is 8.86. The van der Waals surface area contributed by atoms with Crippen molar-refractivity contribution in [3.63, 3.8) is 0 Å². The highest BCUT2D eigenvalue weighted by atomic mass is 35.5. The number of carbonyl (C=O) groups is 1. The maximum absolute atomic E-state index is 12.2. The minimum absolute atomic E-state index is 0.0907. The van der Waals surface area contributed by atoms with Gasteiger partial charge in [0.05, 0.1) is 30.6 Å². The molecule has 0 saturated carbocycles. The van der Waals surface area contributed by atoms with Crippen molar-refractivity contribution in [2.24, 2.45) is 5.92 Å². The summed E-state index contributed by atoms with van der Waals surface area (Å²) in [7, 11) is -0.475. The molecule has 1 aliphatic rings. The van der Waals surface area contributed by atoms with E-state index in [1.165, 1.54) is 26.4 Å². The molecule has 1 fully saturated rings. The summed E-state index contributed by atoms with van der Waals surface area (Å²) in [6, 6.07) is 0.833. The molecule has 0 aromatic carbocycles. The molecule has 1 saturated heterocycles. The third-order valence-corrected chi connectivity index (χ3v) is 5.86. The average molecular weight is 364 g/mol. The van der Waals surface area contributed by atoms with Gasteiger partial charge in [0.25, 0.3) is 11.5 Å². The summed E-state index contributed by atoms with van der Waals surface area (Å²) in [6.45, 7) is 0.487. The van der Waals surface area contributed by atoms with Crippen molar-refractivity contribution in [2.75, 3.05) is 33.1 Å². The zero-order valence-electron chi connectivity index (χ0n) is 12.7. The SMILES string of the molecule is CN(C)S(=O)(=O)C[C@@H]1COC[C@@H]1NC(=O)c1c[nH]c(=O)c(Cl)c1. The van der Waals surface area contributed by atoms with E-state index >= 15 is 0 Å². The zero-order valence-corrected chi connectivity index (χ0v) is 14.3. The molecule has 1 aliphatic heterocycles. The fourth-order valence-electron chi connectivity index (χ4n) is 2.18. The van der Waals surface area contributed by atoms with E-state index in [2.05, 4.69) is 10.3 Å². The van der Waals surface area contributed by atoms with Crippen LogP contribution in [-0.2, 0) is 14.8 Å². The number of halogens is 1. The number of ether oxygens (including phenoxy) is 1. The number of amides is 1. The van der Waals surface area contributed by atoms with Crippen LogP contribution in [0.15, 0.2) is 17.1 Å². The minimum Gasteiger partial charge on any atom is -0.379 e. The summed E-state index contributed by atoms with van der Waals surface area (Å²) < 4.78 is 30.4. The number of sulfonamides is 1. The number of aromatic amines is 1. The number of aromatic nitrogens is 1. The second-order valence-electron chi connectivity index (χ2n) is 5.50. The molecule has 0 spiro atoms. The van der Waals surface area contributed by atoms with E-state index in [1.807, 2.05) is 0 Å². The Morgan fingerprint density at radius 2 is 2.17 bits per heavy atom. The lowest BCUT2D eigenvalue weighted by Gasteiger charge is -2.21. The Morgan fingerprint density at radius 1 is 1.48 bits per heavy atom. The summed E-state index contributed by atoms with van der Waals surface area (Å²) in [5, 5.41) is 2.64. The third kappa shape index (κ3) is 4.31. The topological polar surface area (TPSA) is 109 Å². The lowest BCUT2D eigenvalue weighted by atomic mass is 10.1. The first-order valence-electron chi connectivity index (χ1n) is 6.88. The lowest BCUT2D eigenvalue weighted by Crippen LogP contribution is -2.43. The highest BCUT2D eigenvalue weighted by molar-refractivity contribution is 7.89. The Bertz CT molecular complexity index is 746. The van der Waals surface area contributed by atoms with Crippen LogP contribution in [0.1, 0.15) is 10.4 Å². The second kappa shape index (κ2) is 7.00. The van der Waals surface area contributed by atoms with Crippen molar-refractivity contribution in [3.05, 3.63) is 33.2 Å². The van der Waals surface area contributed by atoms with Gasteiger partial charge in [-0.15, -0.1) is 0 Å². The predicted molar refractivity (Wildman–Crippen MR) is 85.1 cm³/mol. The number of hydrogen-bond acceptors (Lipinski definition) is 5. The Morgan fingerprint density at radius 3 is 2.78 bits per heavy atom. The molecule has 128 valence electrons. The van der Waals surface area contributed by atoms with Crippen LogP contribution in [-0.4, -0.2) is 62.7 Å². The van der Waals surface area contributed by atoms with Crippen molar-refractivity contribution in [1.29, 1.82) is 0 Å². The Kier molecular flexibility index (Phi) is 5.45. The van der Waals surface area contributed by atoms with Crippen molar-refractivity contribution >= 4 is 27.5 Å². The molecule has 0 aliphatic carbocycles. The van der Waals surface area contributed by atoms with Crippen LogP contribution in [0, 0.1) is 5.92 Å². The molecule has 2 N–H and O–H groups in total. The van der Waals surface area contributed by atoms with E-state index < -0.39 is 27.5 Å². The van der Waals surface area contributed by atoms with E-state index in [0.29, 0.717) is 0 Å². The summed E-state index contributed by atoms with van der Waals surface area (Å²) in [5.74, 6) is -0.910. The standard InChI is InChI=1S/C13H18ClN3O5S/c1-17(2)23(20,21)7-9-5-22-6-11(9)16-12(18)8-3-10(14)13(19)15-4-8/h3-4,9,11H,5-7H2,1-2H3,(H,15,19)(H,16,18)/t9-,11-/m0/s1. The van der Waals surface area contributed by atoms with Gasteiger partial charge in [0.2, 0.25) is 10.0 Å². The van der Waals surface area contributed by atoms with Gasteiger partial charge in [-0.3, -0.25) is 9.59 Å². The smallest absolute Gasteiger partial charge is 0.266 e. The molecule has 23 heavy (non-hydrogen) atoms. The second-order valence-corrected chi connectivity index (χ2v) is 8.14. The molecule has 0 unspecified atom stereocenters. The van der Waals surface area contributed by atoms with Gasteiger partial charge in [0.15, 0.2) is 0 Å². The van der Waals surface area contributed by atoms with Crippen LogP contribution in [0.4, 0.5) is 0 Å². The first kappa shape index (κ1) is 17.9. The highest BCUT2D eigenvalue weighted by Crippen LogP contribution is 2.18. The number of H-pyrrole nitrogens is 1. The van der Waals surface area contributed by atoms with Crippen molar-refractivity contribution in [1.82, 2.24) is 14.6 Å². The zero-order chi connectivity index (χ0) is 17.2. The molecule has 1 aromatic heterocycles. The molecule has 0 bridgehead atoms. The summed E-state index contributed by atoms with van der Waals surface area (Å²) in [6.07, 6.45) is 1.25. The lowest BCUT2D eigenvalue weighted by molar-refractivity contribution is 0.0925. The molecule has 2 heterocycles. The molecular weight excluding hydrogens is 346 g/mol. The van der Waals surface area contributed by atoms with Crippen LogP contribution in [0.25, 0.3) is 0 Å². The number of nitrogens with one attached hydrogen (secondary N) is 2. The van der Waals surface area contributed by atoms with Gasteiger partial charge in [-0.2, -0.15) is 0 Å². The van der Waals surface area contributed by atoms with E-state index in [4.69, 9.17) is 16.3 Å². The fraction of sp³-hybridized carbons (Fsp3) is 0.538. The van der Waals surface area contributed by atoms with Crippen LogP contribution < -0.4 is 10.9 Å². The molecule has 10 heteroatoms. The molecule has 2 rings (SSSR count). The van der Waals surface area contributed by atoms with Crippen LogP contribution in [0.2, 0.25) is 5.02 Å². The summed E-state index contributed by atoms with van der Waals surface area (Å²) in [5.41, 5.74) is -0.293. The quantitative estimate of drug-likeness (QED) is 0.744. The van der Waals surface area contributed by atoms with E-state index in [1.54, 1.807) is 0 Å². The van der Waals surface area contributed by atoms with Gasteiger partial charge in [-0.25, -0.2) is 12.7 Å². The Hall–Kier alpha value is -1.42. The Balaban J connectivity index is 2.07. The molecule has 1 amide bonds. The van der Waals surface area contributed by atoms with Gasteiger partial charge >= 0.3 is 0 Å². The molecular formula is C13H18ClN3O5S. The van der Waals surface area contributed by atoms with Crippen LogP contribution in [0.5, 0.6) is 0 Å². The first-order chi connectivity index (χ1) is 10.7. The maximum Gasteiger partial charge on any atom is 0.266 e. The maximum atomic E-state index is 12.2. The Labute approximate surface area is 138 Å². The van der Waals surface area contributed by atoms with E-state index in [-0.39, 0.29) is 35.5 Å². The molecule has 8 nitrogen and oxygen atoms in total. The summed E-state index contributed by atoms with van der Waals surface area (Å²) in [4.78, 5) is 25.8. The summed E-state index contributed by atoms with van der Waals surface area (Å²) >= 11 is 5.69. The van der Waals surface area contributed by atoms with Gasteiger partial charge in [-0.1, -0.05) is 11.6 Å². The highest BCUT2D eigenvalue weighted by Gasteiger charge is 2.34. The normalized spacial score (nSPS) is 21.6. The van der Waals surface area contributed by atoms with Gasteiger partial charge < -0.3 is 15.0 Å². The largest absolute Gasteiger partial charge is 0.379 e. The number of carbonyl (C=O) groups excluding carboxylic acids is 1. The van der Waals surface area contributed by atoms with Gasteiger partial charge in [0, 0.05) is 26.2 Å². The minimum atomic E-state index is -3.39. The average Bonchev–Trinajstić information content (AvgIpc) is 2.88. The van der Waals surface area contributed by atoms with Crippen molar-refractivity contribution < 1.29 is 17.9 Å². The molecule has 0 radical (unpaired) electrons. The molecule has 1 aromatic rings. The number of pyridine rings is 1. The van der Waals surface area contributed by atoms with Crippen LogP contribution >= 0.6 is 11.6 Å². The van der Waals surface area contributed by atoms with E-state index in [9.17, 15) is 18.0 Å². The van der Waals surface area contributed by atoms with Crippen LogP contribution in [0.3, 0.4) is 0 Å². The van der Waals surface area contributed by atoms with Crippen molar-refractivity contribution in [3.8, 4) is 0 Å². The number of hydrogen-bond donors (Lipinski definition) is 2. The predicted octanol–water partition coefficient (Wildman–Crippen LogP) is -0.335. The van der Waals surface area contributed by atoms with Gasteiger partial charge in [-0.05, 0) is 6.07 Å². The molecule has 2 atom stereocenters. The number of nitrogens with zero attached hydrogens (tertiary/aromatic N) is 1. The fourth-order valence-corrected chi connectivity index (χ4v) is 3.52. The van der Waals surface area contributed by atoms with Gasteiger partial charge in [0.1, 0.15) is 5.02 Å².